The minimum absolute atomic E-state index is 0.0685. The summed E-state index contributed by atoms with van der Waals surface area (Å²) < 4.78 is 6.65. The standard InChI is InChI=1S/C54H38N2O/c1-54(2)49-22-10-9-21-45(49)48-34-43(26-29-50(48)54)56(41-20-12-18-39(32-41)36-15-7-4-8-16-36)42-25-23-37-24-27-46-44(47(37)33-42)28-30-51-52(46)57-53(55-51)40-19-11-17-38(31-40)35-13-5-3-6-14-35/h3-34H,1-2H3. The lowest BCUT2D eigenvalue weighted by Gasteiger charge is -2.28. The van der Waals surface area contributed by atoms with Crippen LogP contribution in [0.25, 0.3) is 77.5 Å². The molecule has 0 saturated carbocycles. The summed E-state index contributed by atoms with van der Waals surface area (Å²) in [6, 6.07) is 69.8. The maximum atomic E-state index is 6.65. The van der Waals surface area contributed by atoms with E-state index in [2.05, 4.69) is 207 Å². The summed E-state index contributed by atoms with van der Waals surface area (Å²) in [6.45, 7) is 4.67. The number of benzene rings is 9. The van der Waals surface area contributed by atoms with Crippen LogP contribution in [-0.2, 0) is 5.41 Å². The van der Waals surface area contributed by atoms with E-state index in [-0.39, 0.29) is 5.41 Å². The zero-order chi connectivity index (χ0) is 38.1. The second-order valence-corrected chi connectivity index (χ2v) is 15.6. The maximum Gasteiger partial charge on any atom is 0.227 e. The molecule has 0 radical (unpaired) electrons. The maximum absolute atomic E-state index is 6.65. The molecule has 1 aliphatic rings. The van der Waals surface area contributed by atoms with Crippen molar-refractivity contribution in [2.45, 2.75) is 19.3 Å². The summed E-state index contributed by atoms with van der Waals surface area (Å²) in [6.07, 6.45) is 0. The molecule has 3 heteroatoms. The van der Waals surface area contributed by atoms with Crippen LogP contribution in [0, 0.1) is 0 Å². The van der Waals surface area contributed by atoms with Crippen molar-refractivity contribution in [2.75, 3.05) is 4.90 Å². The Morgan fingerprint density at radius 2 is 1.02 bits per heavy atom. The number of rotatable bonds is 6. The van der Waals surface area contributed by atoms with Crippen LogP contribution in [0.3, 0.4) is 0 Å². The summed E-state index contributed by atoms with van der Waals surface area (Å²) in [5.41, 5.74) is 15.8. The van der Waals surface area contributed by atoms with Crippen molar-refractivity contribution in [3.05, 3.63) is 205 Å². The summed E-state index contributed by atoms with van der Waals surface area (Å²) in [4.78, 5) is 7.39. The molecule has 0 spiro atoms. The van der Waals surface area contributed by atoms with Crippen LogP contribution in [0.5, 0.6) is 0 Å². The van der Waals surface area contributed by atoms with E-state index in [1.807, 2.05) is 6.07 Å². The molecule has 0 saturated heterocycles. The van der Waals surface area contributed by atoms with Gasteiger partial charge in [-0.05, 0) is 121 Å². The zero-order valence-corrected chi connectivity index (χ0v) is 31.8. The summed E-state index contributed by atoms with van der Waals surface area (Å²) in [7, 11) is 0. The first-order chi connectivity index (χ1) is 28.0. The number of hydrogen-bond donors (Lipinski definition) is 0. The van der Waals surface area contributed by atoms with Crippen LogP contribution in [0.2, 0.25) is 0 Å². The fourth-order valence-corrected chi connectivity index (χ4v) is 8.98. The van der Waals surface area contributed by atoms with E-state index in [0.717, 1.165) is 61.0 Å². The lowest BCUT2D eigenvalue weighted by molar-refractivity contribution is 0.623. The highest BCUT2D eigenvalue weighted by molar-refractivity contribution is 6.16. The molecule has 3 nitrogen and oxygen atoms in total. The highest BCUT2D eigenvalue weighted by Gasteiger charge is 2.35. The average Bonchev–Trinajstić information content (AvgIpc) is 3.81. The predicted octanol–water partition coefficient (Wildman–Crippen LogP) is 14.9. The Balaban J connectivity index is 1.07. The van der Waals surface area contributed by atoms with Crippen LogP contribution < -0.4 is 4.90 Å². The van der Waals surface area contributed by atoms with E-state index in [0.29, 0.717) is 5.89 Å². The van der Waals surface area contributed by atoms with E-state index < -0.39 is 0 Å². The number of fused-ring (bicyclic) bond motifs is 8. The van der Waals surface area contributed by atoms with Gasteiger partial charge in [0.1, 0.15) is 5.52 Å². The Hall–Kier alpha value is -7.23. The largest absolute Gasteiger partial charge is 0.435 e. The Kier molecular flexibility index (Phi) is 7.52. The van der Waals surface area contributed by atoms with Gasteiger partial charge in [0.2, 0.25) is 5.89 Å². The molecule has 1 aromatic heterocycles. The first-order valence-corrected chi connectivity index (χ1v) is 19.6. The molecule has 0 bridgehead atoms. The van der Waals surface area contributed by atoms with Crippen LogP contribution in [0.1, 0.15) is 25.0 Å². The van der Waals surface area contributed by atoms with E-state index >= 15 is 0 Å². The van der Waals surface area contributed by atoms with Crippen LogP contribution in [0.4, 0.5) is 17.1 Å². The van der Waals surface area contributed by atoms with Crippen molar-refractivity contribution < 1.29 is 4.42 Å². The summed E-state index contributed by atoms with van der Waals surface area (Å²) >= 11 is 0. The fourth-order valence-electron chi connectivity index (χ4n) is 8.98. The van der Waals surface area contributed by atoms with Gasteiger partial charge < -0.3 is 9.32 Å². The molecule has 270 valence electrons. The Morgan fingerprint density at radius 3 is 1.82 bits per heavy atom. The third kappa shape index (κ3) is 5.46. The van der Waals surface area contributed by atoms with Gasteiger partial charge in [0.05, 0.1) is 0 Å². The number of hydrogen-bond acceptors (Lipinski definition) is 3. The summed E-state index contributed by atoms with van der Waals surface area (Å²) in [5, 5.41) is 4.51. The molecule has 10 aromatic rings. The molecular formula is C54H38N2O. The van der Waals surface area contributed by atoms with E-state index in [4.69, 9.17) is 9.40 Å². The van der Waals surface area contributed by atoms with Crippen LogP contribution in [0.15, 0.2) is 199 Å². The van der Waals surface area contributed by atoms with Gasteiger partial charge in [-0.1, -0.05) is 147 Å². The molecule has 0 fully saturated rings. The van der Waals surface area contributed by atoms with Crippen molar-refractivity contribution >= 4 is 49.7 Å². The minimum Gasteiger partial charge on any atom is -0.435 e. The zero-order valence-electron chi connectivity index (χ0n) is 31.8. The third-order valence-electron chi connectivity index (χ3n) is 11.9. The molecule has 0 atom stereocenters. The monoisotopic (exact) mass is 730 g/mol. The average molecular weight is 731 g/mol. The first-order valence-electron chi connectivity index (χ1n) is 19.6. The Labute approximate surface area is 332 Å². The van der Waals surface area contributed by atoms with Crippen molar-refractivity contribution in [3.63, 3.8) is 0 Å². The number of nitrogens with zero attached hydrogens (tertiary/aromatic N) is 2. The van der Waals surface area contributed by atoms with Crippen molar-refractivity contribution in [1.82, 2.24) is 4.98 Å². The molecule has 0 amide bonds. The SMILES string of the molecule is CC1(C)c2ccccc2-c2cc(N(c3cccc(-c4ccccc4)c3)c3ccc4ccc5c(ccc6nc(-c7cccc(-c8ccccc8)c7)oc65)c4c3)ccc21. The van der Waals surface area contributed by atoms with Crippen LogP contribution in [-0.4, -0.2) is 4.98 Å². The molecule has 1 aliphatic carbocycles. The number of oxazole rings is 1. The highest BCUT2D eigenvalue weighted by Crippen LogP contribution is 2.51. The van der Waals surface area contributed by atoms with Gasteiger partial charge in [0, 0.05) is 33.4 Å². The van der Waals surface area contributed by atoms with Gasteiger partial charge >= 0.3 is 0 Å². The van der Waals surface area contributed by atoms with E-state index in [1.54, 1.807) is 0 Å². The van der Waals surface area contributed by atoms with Crippen molar-refractivity contribution in [2.24, 2.45) is 0 Å². The molecule has 0 aliphatic heterocycles. The summed E-state index contributed by atoms with van der Waals surface area (Å²) in [5.74, 6) is 0.620. The number of aromatic nitrogens is 1. The molecule has 0 unspecified atom stereocenters. The topological polar surface area (TPSA) is 29.3 Å². The minimum atomic E-state index is -0.0685. The molecule has 9 aromatic carbocycles. The quantitative estimate of drug-likeness (QED) is 0.160. The van der Waals surface area contributed by atoms with Crippen molar-refractivity contribution in [3.8, 4) is 44.8 Å². The molecule has 11 rings (SSSR count). The van der Waals surface area contributed by atoms with Gasteiger partial charge in [-0.15, -0.1) is 0 Å². The lowest BCUT2D eigenvalue weighted by Crippen LogP contribution is -2.15. The van der Waals surface area contributed by atoms with Gasteiger partial charge in [-0.2, -0.15) is 0 Å². The molecule has 57 heavy (non-hydrogen) atoms. The van der Waals surface area contributed by atoms with E-state index in [9.17, 15) is 0 Å². The van der Waals surface area contributed by atoms with Crippen LogP contribution >= 0.6 is 0 Å². The highest BCUT2D eigenvalue weighted by atomic mass is 16.3. The molecular weight excluding hydrogens is 693 g/mol. The van der Waals surface area contributed by atoms with Gasteiger partial charge in [0.15, 0.2) is 5.58 Å². The van der Waals surface area contributed by atoms with Crippen molar-refractivity contribution in [1.29, 1.82) is 0 Å². The Morgan fingerprint density at radius 1 is 0.421 bits per heavy atom. The molecule has 1 heterocycles. The Bertz CT molecular complexity index is 3160. The number of anilines is 3. The smallest absolute Gasteiger partial charge is 0.227 e. The second kappa shape index (κ2) is 12.9. The van der Waals surface area contributed by atoms with E-state index in [1.165, 1.54) is 38.8 Å². The molecule has 0 N–H and O–H groups in total. The van der Waals surface area contributed by atoms with Gasteiger partial charge in [-0.3, -0.25) is 0 Å². The van der Waals surface area contributed by atoms with Gasteiger partial charge in [0.25, 0.3) is 0 Å². The third-order valence-corrected chi connectivity index (χ3v) is 11.9. The predicted molar refractivity (Wildman–Crippen MR) is 238 cm³/mol. The second-order valence-electron chi connectivity index (χ2n) is 15.6. The lowest BCUT2D eigenvalue weighted by atomic mass is 9.82. The van der Waals surface area contributed by atoms with Gasteiger partial charge in [-0.25, -0.2) is 4.98 Å². The fraction of sp³-hybridized carbons (Fsp3) is 0.0556. The normalized spacial score (nSPS) is 12.9. The first kappa shape index (κ1) is 33.1.